The van der Waals surface area contributed by atoms with E-state index in [2.05, 4.69) is 0 Å². The number of nitrogens with two attached hydrogens (primary N) is 1. The largest absolute Gasteiger partial charge is 0.481 e. The molecule has 56 valence electrons. The molecule has 0 amide bonds. The molecule has 1 aliphatic carbocycles. The van der Waals surface area contributed by atoms with Crippen molar-refractivity contribution in [1.82, 2.24) is 0 Å². The van der Waals surface area contributed by atoms with E-state index >= 15 is 0 Å². The summed E-state index contributed by atoms with van der Waals surface area (Å²) in [6.45, 7) is 0. The molecular weight excluding hydrogens is 137 g/mol. The minimum absolute atomic E-state index is 0.182. The first kappa shape index (κ1) is 7.21. The number of carboxylic acids is 1. The van der Waals surface area contributed by atoms with Crippen LogP contribution in [-0.2, 0) is 4.79 Å². The van der Waals surface area contributed by atoms with Gasteiger partial charge in [0.2, 0.25) is 0 Å². The minimum Gasteiger partial charge on any atom is -0.481 e. The minimum atomic E-state index is -1.01. The van der Waals surface area contributed by atoms with Gasteiger partial charge in [-0.2, -0.15) is 0 Å². The first-order chi connectivity index (χ1) is 4.61. The van der Waals surface area contributed by atoms with Crippen molar-refractivity contribution < 1.29 is 14.3 Å². The molecule has 3 nitrogen and oxygen atoms in total. The molecule has 0 spiro atoms. The van der Waals surface area contributed by atoms with Crippen LogP contribution in [0.3, 0.4) is 0 Å². The average molecular weight is 145 g/mol. The van der Waals surface area contributed by atoms with E-state index in [1.165, 1.54) is 0 Å². The molecular formula is C6H8FNO2. The maximum Gasteiger partial charge on any atom is 0.310 e. The lowest BCUT2D eigenvalue weighted by Gasteiger charge is -2.01. The summed E-state index contributed by atoms with van der Waals surface area (Å²) in [7, 11) is 0. The Balaban J connectivity index is 2.65. The van der Waals surface area contributed by atoms with Gasteiger partial charge in [-0.05, 0) is 12.5 Å². The van der Waals surface area contributed by atoms with E-state index in [0.29, 0.717) is 0 Å². The van der Waals surface area contributed by atoms with Gasteiger partial charge in [0, 0.05) is 0 Å². The van der Waals surface area contributed by atoms with Crippen molar-refractivity contribution in [2.45, 2.75) is 12.5 Å². The van der Waals surface area contributed by atoms with Gasteiger partial charge < -0.3 is 10.8 Å². The Morgan fingerprint density at radius 2 is 2.50 bits per heavy atom. The van der Waals surface area contributed by atoms with E-state index in [4.69, 9.17) is 10.8 Å². The van der Waals surface area contributed by atoms with Gasteiger partial charge in [0.1, 0.15) is 5.83 Å². The van der Waals surface area contributed by atoms with Crippen LogP contribution in [-0.4, -0.2) is 17.1 Å². The second kappa shape index (κ2) is 2.38. The lowest BCUT2D eigenvalue weighted by atomic mass is 10.1. The molecule has 0 radical (unpaired) electrons. The molecule has 2 atom stereocenters. The third-order valence-corrected chi connectivity index (χ3v) is 1.54. The summed E-state index contributed by atoms with van der Waals surface area (Å²) in [6, 6.07) is -0.707. The molecule has 4 heteroatoms. The van der Waals surface area contributed by atoms with Crippen LogP contribution < -0.4 is 5.73 Å². The molecule has 1 aliphatic rings. The first-order valence-electron chi connectivity index (χ1n) is 2.97. The number of aliphatic carboxylic acids is 1. The zero-order valence-electron chi connectivity index (χ0n) is 5.25. The highest BCUT2D eigenvalue weighted by Gasteiger charge is 2.28. The predicted molar refractivity (Wildman–Crippen MR) is 32.9 cm³/mol. The fraction of sp³-hybridized carbons (Fsp3) is 0.500. The van der Waals surface area contributed by atoms with Gasteiger partial charge in [-0.15, -0.1) is 0 Å². The molecule has 1 rings (SSSR count). The lowest BCUT2D eigenvalue weighted by molar-refractivity contribution is -0.140. The molecule has 0 bridgehead atoms. The molecule has 0 saturated heterocycles. The first-order valence-corrected chi connectivity index (χ1v) is 2.97. The zero-order valence-corrected chi connectivity index (χ0v) is 5.25. The molecule has 0 heterocycles. The Bertz CT molecular complexity index is 190. The Kier molecular flexibility index (Phi) is 1.72. The molecule has 3 N–H and O–H groups in total. The summed E-state index contributed by atoms with van der Waals surface area (Å²) >= 11 is 0. The van der Waals surface area contributed by atoms with Gasteiger partial charge in [-0.3, -0.25) is 4.79 Å². The third kappa shape index (κ3) is 1.16. The van der Waals surface area contributed by atoms with Crippen LogP contribution in [0.1, 0.15) is 6.42 Å². The second-order valence-corrected chi connectivity index (χ2v) is 2.34. The maximum absolute atomic E-state index is 12.4. The van der Waals surface area contributed by atoms with E-state index < -0.39 is 23.8 Å². The van der Waals surface area contributed by atoms with Gasteiger partial charge in [-0.25, -0.2) is 4.39 Å². The van der Waals surface area contributed by atoms with Gasteiger partial charge >= 0.3 is 5.97 Å². The SMILES string of the molecule is NC1CC(C(=O)O)C=C1F. The van der Waals surface area contributed by atoms with Crippen molar-refractivity contribution in [2.75, 3.05) is 0 Å². The summed E-state index contributed by atoms with van der Waals surface area (Å²) < 4.78 is 12.4. The van der Waals surface area contributed by atoms with Gasteiger partial charge in [0.05, 0.1) is 12.0 Å². The molecule has 2 unspecified atom stereocenters. The Labute approximate surface area is 57.3 Å². The zero-order chi connectivity index (χ0) is 7.72. The maximum atomic E-state index is 12.4. The fourth-order valence-electron chi connectivity index (χ4n) is 0.942. The van der Waals surface area contributed by atoms with E-state index in [9.17, 15) is 9.18 Å². The highest BCUT2D eigenvalue weighted by Crippen LogP contribution is 2.23. The van der Waals surface area contributed by atoms with Gasteiger partial charge in [0.15, 0.2) is 0 Å². The van der Waals surface area contributed by atoms with Crippen molar-refractivity contribution in [3.05, 3.63) is 11.9 Å². The highest BCUT2D eigenvalue weighted by molar-refractivity contribution is 5.73. The molecule has 0 aliphatic heterocycles. The smallest absolute Gasteiger partial charge is 0.310 e. The van der Waals surface area contributed by atoms with Crippen molar-refractivity contribution in [3.63, 3.8) is 0 Å². The number of carbonyl (C=O) groups is 1. The number of carboxylic acid groups (broad SMARTS) is 1. The monoisotopic (exact) mass is 145 g/mol. The van der Waals surface area contributed by atoms with Crippen molar-refractivity contribution in [3.8, 4) is 0 Å². The number of rotatable bonds is 1. The summed E-state index contributed by atoms with van der Waals surface area (Å²) in [5, 5.41) is 8.38. The normalized spacial score (nSPS) is 32.0. The van der Waals surface area contributed by atoms with Crippen molar-refractivity contribution in [2.24, 2.45) is 11.7 Å². The van der Waals surface area contributed by atoms with E-state index in [-0.39, 0.29) is 6.42 Å². The third-order valence-electron chi connectivity index (χ3n) is 1.54. The van der Waals surface area contributed by atoms with Crippen LogP contribution >= 0.6 is 0 Å². The quantitative estimate of drug-likeness (QED) is 0.556. The van der Waals surface area contributed by atoms with E-state index in [1.54, 1.807) is 0 Å². The fourth-order valence-corrected chi connectivity index (χ4v) is 0.942. The van der Waals surface area contributed by atoms with Crippen LogP contribution in [0, 0.1) is 5.92 Å². The Morgan fingerprint density at radius 3 is 2.70 bits per heavy atom. The van der Waals surface area contributed by atoms with Crippen LogP contribution in [0.2, 0.25) is 0 Å². The Hall–Kier alpha value is -0.900. The predicted octanol–water partition coefficient (Wildman–Crippen LogP) is 0.272. The molecule has 0 aromatic carbocycles. The van der Waals surface area contributed by atoms with Crippen LogP contribution in [0.5, 0.6) is 0 Å². The summed E-state index contributed by atoms with van der Waals surface area (Å²) in [5.74, 6) is -2.24. The van der Waals surface area contributed by atoms with Crippen molar-refractivity contribution in [1.29, 1.82) is 0 Å². The second-order valence-electron chi connectivity index (χ2n) is 2.34. The average Bonchev–Trinajstić information content (AvgIpc) is 2.13. The standard InChI is InChI=1S/C6H8FNO2/c7-4-1-3(6(9)10)2-5(4)8/h1,3,5H,2,8H2,(H,9,10). The summed E-state index contributed by atoms with van der Waals surface area (Å²) in [6.07, 6.45) is 1.24. The lowest BCUT2D eigenvalue weighted by Crippen LogP contribution is -2.20. The topological polar surface area (TPSA) is 63.3 Å². The Morgan fingerprint density at radius 1 is 1.90 bits per heavy atom. The molecule has 10 heavy (non-hydrogen) atoms. The van der Waals surface area contributed by atoms with Gasteiger partial charge in [-0.1, -0.05) is 0 Å². The van der Waals surface area contributed by atoms with E-state index in [0.717, 1.165) is 6.08 Å². The van der Waals surface area contributed by atoms with Crippen LogP contribution in [0.15, 0.2) is 11.9 Å². The number of hydrogen-bond acceptors (Lipinski definition) is 2. The van der Waals surface area contributed by atoms with Crippen molar-refractivity contribution >= 4 is 5.97 Å². The number of hydrogen-bond donors (Lipinski definition) is 2. The van der Waals surface area contributed by atoms with Crippen LogP contribution in [0.25, 0.3) is 0 Å². The molecule has 0 saturated carbocycles. The van der Waals surface area contributed by atoms with Gasteiger partial charge in [0.25, 0.3) is 0 Å². The highest BCUT2D eigenvalue weighted by atomic mass is 19.1. The summed E-state index contributed by atoms with van der Waals surface area (Å²) in [4.78, 5) is 10.2. The van der Waals surface area contributed by atoms with Crippen LogP contribution in [0.4, 0.5) is 4.39 Å². The number of halogens is 1. The summed E-state index contributed by atoms with van der Waals surface area (Å²) in [5.41, 5.74) is 5.20. The van der Waals surface area contributed by atoms with E-state index in [1.807, 2.05) is 0 Å². The molecule has 0 aromatic rings. The molecule has 0 aromatic heterocycles. The molecule has 0 fully saturated rings.